The third-order valence-electron chi connectivity index (χ3n) is 6.40. The second-order valence-electron chi connectivity index (χ2n) is 7.52. The van der Waals surface area contributed by atoms with Crippen molar-refractivity contribution < 1.29 is 20.4 Å². The Hall–Kier alpha value is -1.10. The highest BCUT2D eigenvalue weighted by atomic mass is 16.3. The molecule has 4 heteroatoms. The van der Waals surface area contributed by atoms with Gasteiger partial charge in [0.15, 0.2) is 0 Å². The predicted octanol–water partition coefficient (Wildman–Crippen LogP) is 1.86. The van der Waals surface area contributed by atoms with Gasteiger partial charge >= 0.3 is 0 Å². The highest BCUT2D eigenvalue weighted by molar-refractivity contribution is 5.47. The van der Waals surface area contributed by atoms with Crippen molar-refractivity contribution in [1.82, 2.24) is 0 Å². The zero-order valence-corrected chi connectivity index (χ0v) is 13.3. The van der Waals surface area contributed by atoms with Gasteiger partial charge in [0.1, 0.15) is 5.75 Å². The van der Waals surface area contributed by atoms with E-state index in [1.54, 1.807) is 6.07 Å². The van der Waals surface area contributed by atoms with Gasteiger partial charge in [-0.15, -0.1) is 0 Å². The van der Waals surface area contributed by atoms with Crippen LogP contribution in [0.25, 0.3) is 0 Å². The van der Waals surface area contributed by atoms with Crippen LogP contribution in [0.4, 0.5) is 0 Å². The van der Waals surface area contributed by atoms with Crippen LogP contribution in [-0.4, -0.2) is 33.1 Å². The van der Waals surface area contributed by atoms with Gasteiger partial charge < -0.3 is 20.4 Å². The molecule has 0 saturated heterocycles. The fourth-order valence-corrected chi connectivity index (χ4v) is 4.94. The highest BCUT2D eigenvalue weighted by Crippen LogP contribution is 2.57. The van der Waals surface area contributed by atoms with Gasteiger partial charge in [0.25, 0.3) is 0 Å². The van der Waals surface area contributed by atoms with E-state index in [9.17, 15) is 20.4 Å². The molecule has 0 spiro atoms. The lowest BCUT2D eigenvalue weighted by Gasteiger charge is -2.56. The fourth-order valence-electron chi connectivity index (χ4n) is 4.94. The second kappa shape index (κ2) is 5.22. The van der Waals surface area contributed by atoms with Crippen molar-refractivity contribution >= 4 is 0 Å². The summed E-state index contributed by atoms with van der Waals surface area (Å²) in [5.41, 5.74) is 2.20. The van der Waals surface area contributed by atoms with Crippen molar-refractivity contribution in [1.29, 1.82) is 0 Å². The van der Waals surface area contributed by atoms with Crippen molar-refractivity contribution in [2.45, 2.75) is 57.7 Å². The van der Waals surface area contributed by atoms with E-state index < -0.39 is 11.5 Å². The number of aryl methyl sites for hydroxylation is 1. The van der Waals surface area contributed by atoms with Crippen LogP contribution in [0.5, 0.6) is 5.75 Å². The number of rotatable bonds is 2. The molecule has 1 fully saturated rings. The minimum atomic E-state index is -0.504. The van der Waals surface area contributed by atoms with Crippen molar-refractivity contribution in [3.8, 4) is 5.75 Å². The summed E-state index contributed by atoms with van der Waals surface area (Å²) >= 11 is 0. The Labute approximate surface area is 131 Å². The molecule has 4 N–H and O–H groups in total. The minimum absolute atomic E-state index is 0.0234. The largest absolute Gasteiger partial charge is 0.508 e. The van der Waals surface area contributed by atoms with Crippen LogP contribution in [0.15, 0.2) is 12.1 Å². The molecular formula is C18H26O4. The first-order valence-electron chi connectivity index (χ1n) is 8.12. The summed E-state index contributed by atoms with van der Waals surface area (Å²) in [6, 6.07) is 3.70. The average Bonchev–Trinajstić information content (AvgIpc) is 2.51. The van der Waals surface area contributed by atoms with Gasteiger partial charge in [-0.25, -0.2) is 0 Å². The number of hydrogen-bond donors (Lipinski definition) is 4. The Balaban J connectivity index is 2.12. The molecule has 1 saturated carbocycles. The predicted molar refractivity (Wildman–Crippen MR) is 83.6 cm³/mol. The monoisotopic (exact) mass is 306 g/mol. The van der Waals surface area contributed by atoms with Crippen molar-refractivity contribution in [3.63, 3.8) is 0 Å². The van der Waals surface area contributed by atoms with E-state index >= 15 is 0 Å². The lowest BCUT2D eigenvalue weighted by molar-refractivity contribution is -0.110. The quantitative estimate of drug-likeness (QED) is 0.672. The molecule has 1 aromatic carbocycles. The van der Waals surface area contributed by atoms with Crippen LogP contribution in [0, 0.1) is 11.3 Å². The molecule has 1 aromatic rings. The molecule has 22 heavy (non-hydrogen) atoms. The van der Waals surface area contributed by atoms with Gasteiger partial charge in [-0.3, -0.25) is 0 Å². The third kappa shape index (κ3) is 2.01. The van der Waals surface area contributed by atoms with E-state index in [0.717, 1.165) is 24.8 Å². The normalized spacial score (nSPS) is 37.5. The summed E-state index contributed by atoms with van der Waals surface area (Å²) in [5, 5.41) is 39.8. The zero-order valence-electron chi connectivity index (χ0n) is 13.3. The van der Waals surface area contributed by atoms with Gasteiger partial charge in [-0.2, -0.15) is 0 Å². The number of aliphatic hydroxyl groups excluding tert-OH is 3. The van der Waals surface area contributed by atoms with Gasteiger partial charge in [0, 0.05) is 11.0 Å². The molecule has 0 aromatic heterocycles. The van der Waals surface area contributed by atoms with Crippen molar-refractivity contribution in [2.24, 2.45) is 11.3 Å². The highest BCUT2D eigenvalue weighted by Gasteiger charge is 2.55. The Bertz CT molecular complexity index is 585. The number of aromatic hydroxyl groups is 1. The lowest BCUT2D eigenvalue weighted by Crippen LogP contribution is -2.56. The first-order valence-corrected chi connectivity index (χ1v) is 8.12. The van der Waals surface area contributed by atoms with Crippen molar-refractivity contribution in [2.75, 3.05) is 6.61 Å². The van der Waals surface area contributed by atoms with Gasteiger partial charge in [0.05, 0.1) is 19.3 Å². The standard InChI is InChI=1S/C18H26O4/c1-17-6-5-16(22)18(2,10-20)15(17)4-3-11-7-12(9-19)14(21)8-13(11)17/h7-8,15-16,19-22H,3-6,9-10H2,1-2H3/t15-,16-,17-,18?/m1/s1. The molecule has 0 heterocycles. The first kappa shape index (κ1) is 15.8. The molecule has 0 amide bonds. The summed E-state index contributed by atoms with van der Waals surface area (Å²) in [4.78, 5) is 0. The van der Waals surface area contributed by atoms with Gasteiger partial charge in [-0.05, 0) is 60.3 Å². The van der Waals surface area contributed by atoms with E-state index in [-0.39, 0.29) is 30.3 Å². The Morgan fingerprint density at radius 1 is 1.18 bits per heavy atom. The summed E-state index contributed by atoms with van der Waals surface area (Å²) in [5.74, 6) is 0.320. The lowest BCUT2D eigenvalue weighted by atomic mass is 9.49. The van der Waals surface area contributed by atoms with Crippen LogP contribution >= 0.6 is 0 Å². The number of fused-ring (bicyclic) bond motifs is 3. The maximum atomic E-state index is 10.4. The summed E-state index contributed by atoms with van der Waals surface area (Å²) in [6.45, 7) is 3.98. The van der Waals surface area contributed by atoms with Crippen LogP contribution in [0.2, 0.25) is 0 Å². The molecule has 4 atom stereocenters. The van der Waals surface area contributed by atoms with E-state index in [4.69, 9.17) is 0 Å². The van der Waals surface area contributed by atoms with E-state index in [1.807, 2.05) is 13.0 Å². The van der Waals surface area contributed by atoms with E-state index in [2.05, 4.69) is 6.92 Å². The van der Waals surface area contributed by atoms with Crippen LogP contribution in [0.1, 0.15) is 49.8 Å². The second-order valence-corrected chi connectivity index (χ2v) is 7.52. The topological polar surface area (TPSA) is 80.9 Å². The number of phenols is 1. The van der Waals surface area contributed by atoms with E-state index in [1.165, 1.54) is 5.56 Å². The van der Waals surface area contributed by atoms with Gasteiger partial charge in [0.2, 0.25) is 0 Å². The molecule has 0 bridgehead atoms. The summed E-state index contributed by atoms with van der Waals surface area (Å²) < 4.78 is 0. The van der Waals surface area contributed by atoms with Crippen LogP contribution in [0.3, 0.4) is 0 Å². The van der Waals surface area contributed by atoms with E-state index in [0.29, 0.717) is 12.0 Å². The number of benzene rings is 1. The molecular weight excluding hydrogens is 280 g/mol. The van der Waals surface area contributed by atoms with Gasteiger partial charge in [-0.1, -0.05) is 13.8 Å². The maximum Gasteiger partial charge on any atom is 0.121 e. The van der Waals surface area contributed by atoms with Crippen LogP contribution in [-0.2, 0) is 18.4 Å². The average molecular weight is 306 g/mol. The molecule has 0 radical (unpaired) electrons. The third-order valence-corrected chi connectivity index (χ3v) is 6.40. The smallest absolute Gasteiger partial charge is 0.121 e. The number of aliphatic hydroxyl groups is 3. The molecule has 3 rings (SSSR count). The molecule has 4 nitrogen and oxygen atoms in total. The Morgan fingerprint density at radius 3 is 2.55 bits per heavy atom. The molecule has 0 aliphatic heterocycles. The molecule has 2 aliphatic carbocycles. The minimum Gasteiger partial charge on any atom is -0.508 e. The molecule has 1 unspecified atom stereocenters. The Kier molecular flexibility index (Phi) is 3.75. The summed E-state index contributed by atoms with van der Waals surface area (Å²) in [7, 11) is 0. The SMILES string of the molecule is CC1(CO)[C@H](O)CC[C@]2(C)c3cc(O)c(CO)cc3CC[C@@H]12. The fraction of sp³-hybridized carbons (Fsp3) is 0.667. The van der Waals surface area contributed by atoms with Crippen molar-refractivity contribution in [3.05, 3.63) is 28.8 Å². The zero-order chi connectivity index (χ0) is 16.1. The number of hydrogen-bond acceptors (Lipinski definition) is 4. The maximum absolute atomic E-state index is 10.4. The molecule has 122 valence electrons. The molecule has 2 aliphatic rings. The summed E-state index contributed by atoms with van der Waals surface area (Å²) in [6.07, 6.45) is 2.78. The Morgan fingerprint density at radius 2 is 1.91 bits per heavy atom. The van der Waals surface area contributed by atoms with Crippen LogP contribution < -0.4 is 0 Å². The first-order chi connectivity index (χ1) is 10.4.